The Labute approximate surface area is 101 Å². The highest BCUT2D eigenvalue weighted by molar-refractivity contribution is 4.94. The van der Waals surface area contributed by atoms with Crippen LogP contribution < -0.4 is 5.32 Å². The predicted octanol–water partition coefficient (Wildman–Crippen LogP) is 2.78. The van der Waals surface area contributed by atoms with Gasteiger partial charge in [0.2, 0.25) is 0 Å². The van der Waals surface area contributed by atoms with Crippen LogP contribution in [-0.4, -0.2) is 36.1 Å². The van der Waals surface area contributed by atoms with E-state index in [1.807, 2.05) is 0 Å². The summed E-state index contributed by atoms with van der Waals surface area (Å²) in [5, 5.41) is 3.72. The van der Waals surface area contributed by atoms with Gasteiger partial charge in [-0.05, 0) is 25.7 Å². The quantitative estimate of drug-likeness (QED) is 0.698. The smallest absolute Gasteiger partial charge is 0.0198 e. The summed E-state index contributed by atoms with van der Waals surface area (Å²) in [6.07, 6.45) is 9.76. The molecule has 0 radical (unpaired) electrons. The van der Waals surface area contributed by atoms with E-state index in [2.05, 4.69) is 24.1 Å². The molecule has 0 saturated carbocycles. The Hall–Kier alpha value is -0.0800. The molecule has 94 valence electrons. The minimum atomic E-state index is 0.805. The van der Waals surface area contributed by atoms with Crippen molar-refractivity contribution in [1.82, 2.24) is 10.2 Å². The van der Waals surface area contributed by atoms with Gasteiger partial charge < -0.3 is 5.32 Å². The van der Waals surface area contributed by atoms with Crippen LogP contribution in [0, 0.1) is 0 Å². The monoisotopic (exact) mass is 224 g/mol. The Morgan fingerprint density at radius 1 is 1.12 bits per heavy atom. The van der Waals surface area contributed by atoms with Gasteiger partial charge in [-0.15, -0.1) is 0 Å². The van der Waals surface area contributed by atoms with E-state index in [0.717, 1.165) is 18.1 Å². The van der Waals surface area contributed by atoms with E-state index in [9.17, 15) is 0 Å². The van der Waals surface area contributed by atoms with Crippen molar-refractivity contribution in [1.29, 1.82) is 0 Å². The molecule has 2 aliphatic rings. The van der Waals surface area contributed by atoms with Gasteiger partial charge in [-0.1, -0.05) is 33.1 Å². The van der Waals surface area contributed by atoms with E-state index >= 15 is 0 Å². The molecule has 3 unspecified atom stereocenters. The maximum Gasteiger partial charge on any atom is 0.0198 e. The lowest BCUT2D eigenvalue weighted by molar-refractivity contribution is 0.128. The van der Waals surface area contributed by atoms with Gasteiger partial charge in [0.15, 0.2) is 0 Å². The van der Waals surface area contributed by atoms with Crippen molar-refractivity contribution in [2.75, 3.05) is 13.1 Å². The van der Waals surface area contributed by atoms with E-state index in [-0.39, 0.29) is 0 Å². The van der Waals surface area contributed by atoms with Gasteiger partial charge in [0.05, 0.1) is 0 Å². The fraction of sp³-hybridized carbons (Fsp3) is 1.00. The number of nitrogens with zero attached hydrogens (tertiary/aromatic N) is 1. The van der Waals surface area contributed by atoms with Crippen molar-refractivity contribution < 1.29 is 0 Å². The average Bonchev–Trinajstić information content (AvgIpc) is 2.64. The lowest BCUT2D eigenvalue weighted by atomic mass is 10.0. The van der Waals surface area contributed by atoms with Gasteiger partial charge in [0, 0.05) is 31.2 Å². The fourth-order valence-electron chi connectivity index (χ4n) is 3.40. The molecule has 1 N–H and O–H groups in total. The molecule has 0 aromatic carbocycles. The van der Waals surface area contributed by atoms with Crippen LogP contribution in [0.2, 0.25) is 0 Å². The van der Waals surface area contributed by atoms with Crippen molar-refractivity contribution in [2.45, 2.75) is 76.9 Å². The third kappa shape index (κ3) is 2.98. The van der Waals surface area contributed by atoms with Gasteiger partial charge in [-0.3, -0.25) is 4.90 Å². The Balaban J connectivity index is 1.79. The molecule has 2 saturated heterocycles. The van der Waals surface area contributed by atoms with Crippen LogP contribution in [0.3, 0.4) is 0 Å². The van der Waals surface area contributed by atoms with E-state index in [4.69, 9.17) is 0 Å². The van der Waals surface area contributed by atoms with Crippen molar-refractivity contribution >= 4 is 0 Å². The second-order valence-corrected chi connectivity index (χ2v) is 5.65. The second-order valence-electron chi connectivity index (χ2n) is 5.65. The van der Waals surface area contributed by atoms with Crippen LogP contribution in [0.25, 0.3) is 0 Å². The summed E-state index contributed by atoms with van der Waals surface area (Å²) >= 11 is 0. The zero-order chi connectivity index (χ0) is 11.4. The third-order valence-corrected chi connectivity index (χ3v) is 4.37. The minimum absolute atomic E-state index is 0.805. The van der Waals surface area contributed by atoms with Crippen molar-refractivity contribution in [3.63, 3.8) is 0 Å². The summed E-state index contributed by atoms with van der Waals surface area (Å²) in [6, 6.07) is 2.47. The number of fused-ring (bicyclic) bond motifs is 2. The summed E-state index contributed by atoms with van der Waals surface area (Å²) < 4.78 is 0. The number of hydrogen-bond donors (Lipinski definition) is 1. The summed E-state index contributed by atoms with van der Waals surface area (Å²) in [6.45, 7) is 7.27. The summed E-state index contributed by atoms with van der Waals surface area (Å²) in [5.74, 6) is 0. The standard InChI is InChI=1S/C14H28N2/c1-3-5-6-7-14(4-2)16-10-12-8-9-13(11-16)15-12/h12-15H,3-11H2,1-2H3. The topological polar surface area (TPSA) is 15.3 Å². The molecule has 2 bridgehead atoms. The highest BCUT2D eigenvalue weighted by Crippen LogP contribution is 2.24. The molecule has 0 aromatic heterocycles. The van der Waals surface area contributed by atoms with E-state index in [1.54, 1.807) is 0 Å². The number of likely N-dealkylation sites (tertiary alicyclic amines) is 1. The Morgan fingerprint density at radius 3 is 2.38 bits per heavy atom. The van der Waals surface area contributed by atoms with Crippen molar-refractivity contribution in [3.05, 3.63) is 0 Å². The van der Waals surface area contributed by atoms with E-state index in [0.29, 0.717) is 0 Å². The molecule has 2 fully saturated rings. The summed E-state index contributed by atoms with van der Waals surface area (Å²) in [4.78, 5) is 2.77. The first-order valence-corrected chi connectivity index (χ1v) is 7.33. The highest BCUT2D eigenvalue weighted by atomic mass is 15.2. The molecule has 2 heteroatoms. The molecular formula is C14H28N2. The largest absolute Gasteiger partial charge is 0.309 e. The SMILES string of the molecule is CCCCCC(CC)N1CC2CCC(C1)N2. The fourth-order valence-corrected chi connectivity index (χ4v) is 3.40. The highest BCUT2D eigenvalue weighted by Gasteiger charge is 2.34. The van der Waals surface area contributed by atoms with E-state index < -0.39 is 0 Å². The predicted molar refractivity (Wildman–Crippen MR) is 69.7 cm³/mol. The van der Waals surface area contributed by atoms with Gasteiger partial charge in [-0.2, -0.15) is 0 Å². The molecule has 2 rings (SSSR count). The average molecular weight is 224 g/mol. The summed E-state index contributed by atoms with van der Waals surface area (Å²) in [7, 11) is 0. The molecular weight excluding hydrogens is 196 g/mol. The Morgan fingerprint density at radius 2 is 1.81 bits per heavy atom. The van der Waals surface area contributed by atoms with Gasteiger partial charge in [0.25, 0.3) is 0 Å². The van der Waals surface area contributed by atoms with Crippen LogP contribution in [0.4, 0.5) is 0 Å². The van der Waals surface area contributed by atoms with Crippen molar-refractivity contribution in [3.8, 4) is 0 Å². The number of unbranched alkanes of at least 4 members (excludes halogenated alkanes) is 2. The molecule has 0 spiro atoms. The zero-order valence-corrected chi connectivity index (χ0v) is 11.0. The number of nitrogens with one attached hydrogen (secondary N) is 1. The Kier molecular flexibility index (Phi) is 4.66. The van der Waals surface area contributed by atoms with Gasteiger partial charge >= 0.3 is 0 Å². The first-order chi connectivity index (χ1) is 7.83. The maximum atomic E-state index is 3.72. The normalized spacial score (nSPS) is 31.9. The van der Waals surface area contributed by atoms with Gasteiger partial charge in [0.1, 0.15) is 0 Å². The van der Waals surface area contributed by atoms with Crippen molar-refractivity contribution in [2.24, 2.45) is 0 Å². The molecule has 2 aliphatic heterocycles. The molecule has 2 nitrogen and oxygen atoms in total. The van der Waals surface area contributed by atoms with Crippen LogP contribution in [0.5, 0.6) is 0 Å². The molecule has 2 heterocycles. The first kappa shape index (κ1) is 12.4. The lowest BCUT2D eigenvalue weighted by Crippen LogP contribution is -2.54. The van der Waals surface area contributed by atoms with Crippen LogP contribution in [-0.2, 0) is 0 Å². The molecule has 0 amide bonds. The molecule has 16 heavy (non-hydrogen) atoms. The first-order valence-electron chi connectivity index (χ1n) is 7.33. The maximum absolute atomic E-state index is 3.72. The molecule has 3 atom stereocenters. The third-order valence-electron chi connectivity index (χ3n) is 4.37. The number of rotatable bonds is 6. The summed E-state index contributed by atoms with van der Waals surface area (Å²) in [5.41, 5.74) is 0. The van der Waals surface area contributed by atoms with Crippen LogP contribution in [0.15, 0.2) is 0 Å². The van der Waals surface area contributed by atoms with E-state index in [1.165, 1.54) is 58.0 Å². The Bertz CT molecular complexity index is 193. The van der Waals surface area contributed by atoms with Gasteiger partial charge in [-0.25, -0.2) is 0 Å². The molecule has 0 aliphatic carbocycles. The molecule has 0 aromatic rings. The second kappa shape index (κ2) is 6.02. The van der Waals surface area contributed by atoms with Crippen LogP contribution >= 0.6 is 0 Å². The zero-order valence-electron chi connectivity index (χ0n) is 11.0. The van der Waals surface area contributed by atoms with Crippen LogP contribution in [0.1, 0.15) is 58.8 Å². The minimum Gasteiger partial charge on any atom is -0.309 e. The number of piperazine rings is 1. The number of hydrogen-bond acceptors (Lipinski definition) is 2. The lowest BCUT2D eigenvalue weighted by Gasteiger charge is -2.38.